The molecular weight excluding hydrogens is 366 g/mol. The molecule has 2 heterocycles. The van der Waals surface area contributed by atoms with Crippen LogP contribution in [0.4, 0.5) is 0 Å². The van der Waals surface area contributed by atoms with Gasteiger partial charge in [-0.25, -0.2) is 0 Å². The summed E-state index contributed by atoms with van der Waals surface area (Å²) >= 11 is 0. The summed E-state index contributed by atoms with van der Waals surface area (Å²) in [4.78, 5) is 30.3. The van der Waals surface area contributed by atoms with Gasteiger partial charge in [-0.1, -0.05) is 12.1 Å². The molecule has 0 radical (unpaired) electrons. The van der Waals surface area contributed by atoms with Gasteiger partial charge in [-0.2, -0.15) is 0 Å². The normalized spacial score (nSPS) is 14.7. The van der Waals surface area contributed by atoms with E-state index in [2.05, 4.69) is 10.3 Å². The lowest BCUT2D eigenvalue weighted by molar-refractivity contribution is -0.122. The van der Waals surface area contributed by atoms with E-state index >= 15 is 0 Å². The van der Waals surface area contributed by atoms with Crippen molar-refractivity contribution in [2.24, 2.45) is 5.92 Å². The van der Waals surface area contributed by atoms with Crippen molar-refractivity contribution in [3.63, 3.8) is 0 Å². The molecule has 0 spiro atoms. The number of hydrogen-bond donors (Lipinski definition) is 2. The summed E-state index contributed by atoms with van der Waals surface area (Å²) in [5.41, 5.74) is 4.99. The summed E-state index contributed by atoms with van der Waals surface area (Å²) in [5.74, 6) is 1.27. The second kappa shape index (κ2) is 9.16. The van der Waals surface area contributed by atoms with Gasteiger partial charge < -0.3 is 19.9 Å². The predicted octanol–water partition coefficient (Wildman–Crippen LogP) is 3.51. The van der Waals surface area contributed by atoms with Crippen LogP contribution in [-0.4, -0.2) is 41.9 Å². The highest BCUT2D eigenvalue weighted by molar-refractivity contribution is 5.94. The zero-order chi connectivity index (χ0) is 21.0. The lowest BCUT2D eigenvalue weighted by atomic mass is 9.93. The number of aryl methyl sites for hydroxylation is 1. The Morgan fingerprint density at radius 1 is 1.10 bits per heavy atom. The number of carbonyl (C=O) groups excluding carboxylic acids is 2. The van der Waals surface area contributed by atoms with Crippen molar-refractivity contribution < 1.29 is 14.3 Å². The number of H-pyrrole nitrogens is 1. The van der Waals surface area contributed by atoms with Crippen LogP contribution in [0.25, 0.3) is 0 Å². The minimum absolute atomic E-state index is 0.0667. The number of benzene rings is 1. The fourth-order valence-corrected chi connectivity index (χ4v) is 3.83. The predicted molar refractivity (Wildman–Crippen MR) is 113 cm³/mol. The van der Waals surface area contributed by atoms with Gasteiger partial charge in [0.1, 0.15) is 11.4 Å². The molecule has 1 aliphatic heterocycles. The van der Waals surface area contributed by atoms with Crippen LogP contribution < -0.4 is 10.1 Å². The van der Waals surface area contributed by atoms with Crippen LogP contribution in [0, 0.1) is 26.7 Å². The summed E-state index contributed by atoms with van der Waals surface area (Å²) in [7, 11) is 1.64. The van der Waals surface area contributed by atoms with E-state index in [0.717, 1.165) is 41.0 Å². The first kappa shape index (κ1) is 21.0. The Kier molecular flexibility index (Phi) is 6.62. The topological polar surface area (TPSA) is 74.4 Å². The van der Waals surface area contributed by atoms with E-state index in [9.17, 15) is 9.59 Å². The van der Waals surface area contributed by atoms with Crippen molar-refractivity contribution in [2.45, 2.75) is 46.6 Å². The van der Waals surface area contributed by atoms with E-state index in [0.29, 0.717) is 37.7 Å². The second-order valence-electron chi connectivity index (χ2n) is 7.94. The zero-order valence-corrected chi connectivity index (χ0v) is 17.8. The molecule has 6 heteroatoms. The average molecular weight is 398 g/mol. The van der Waals surface area contributed by atoms with E-state index in [1.165, 1.54) is 0 Å². The van der Waals surface area contributed by atoms with Crippen molar-refractivity contribution >= 4 is 11.8 Å². The molecule has 0 aliphatic carbocycles. The Hall–Kier alpha value is -2.76. The second-order valence-corrected chi connectivity index (χ2v) is 7.94. The number of nitrogens with one attached hydrogen (secondary N) is 2. The molecule has 2 amide bonds. The minimum atomic E-state index is 0.0667. The number of carbonyl (C=O) groups is 2. The number of nitrogens with zero attached hydrogens (tertiary/aromatic N) is 1. The third-order valence-electron chi connectivity index (χ3n) is 6.05. The Morgan fingerprint density at radius 2 is 1.76 bits per heavy atom. The first-order valence-corrected chi connectivity index (χ1v) is 10.2. The number of likely N-dealkylation sites (tertiary alicyclic amines) is 1. The number of amides is 2. The molecule has 2 N–H and O–H groups in total. The number of rotatable bonds is 6. The van der Waals surface area contributed by atoms with Crippen LogP contribution in [-0.2, 0) is 11.3 Å². The van der Waals surface area contributed by atoms with Crippen molar-refractivity contribution in [1.82, 2.24) is 15.2 Å². The highest BCUT2D eigenvalue weighted by Crippen LogP contribution is 2.24. The smallest absolute Gasteiger partial charge is 0.270 e. The molecule has 0 saturated carbocycles. The number of piperidine rings is 1. The van der Waals surface area contributed by atoms with E-state index in [1.54, 1.807) is 7.11 Å². The Bertz CT molecular complexity index is 862. The van der Waals surface area contributed by atoms with Gasteiger partial charge in [0.2, 0.25) is 5.91 Å². The molecule has 29 heavy (non-hydrogen) atoms. The maximum absolute atomic E-state index is 12.8. The van der Waals surface area contributed by atoms with E-state index < -0.39 is 0 Å². The standard InChI is InChI=1S/C23H31N3O3/c1-15-16(2)22(25-17(15)3)23(28)26-11-9-18(10-12-26)13-21(27)24-14-19-5-7-20(29-4)8-6-19/h5-8,18,25H,9-14H2,1-4H3,(H,24,27). The molecular formula is C23H31N3O3. The maximum Gasteiger partial charge on any atom is 0.270 e. The van der Waals surface area contributed by atoms with Gasteiger partial charge in [0.15, 0.2) is 0 Å². The molecule has 1 saturated heterocycles. The summed E-state index contributed by atoms with van der Waals surface area (Å²) in [6.07, 6.45) is 2.23. The molecule has 1 fully saturated rings. The van der Waals surface area contributed by atoms with Gasteiger partial charge in [0, 0.05) is 31.7 Å². The van der Waals surface area contributed by atoms with Gasteiger partial charge in [-0.3, -0.25) is 9.59 Å². The molecule has 6 nitrogen and oxygen atoms in total. The average Bonchev–Trinajstić information content (AvgIpc) is 3.00. The highest BCUT2D eigenvalue weighted by atomic mass is 16.5. The Morgan fingerprint density at radius 3 is 2.31 bits per heavy atom. The molecule has 0 bridgehead atoms. The van der Waals surface area contributed by atoms with Crippen molar-refractivity contribution in [1.29, 1.82) is 0 Å². The number of ether oxygens (including phenoxy) is 1. The van der Waals surface area contributed by atoms with Crippen LogP contribution in [0.15, 0.2) is 24.3 Å². The lowest BCUT2D eigenvalue weighted by Gasteiger charge is -2.31. The Balaban J connectivity index is 1.44. The molecule has 0 unspecified atom stereocenters. The highest BCUT2D eigenvalue weighted by Gasteiger charge is 2.27. The fraction of sp³-hybridized carbons (Fsp3) is 0.478. The van der Waals surface area contributed by atoms with Gasteiger partial charge >= 0.3 is 0 Å². The lowest BCUT2D eigenvalue weighted by Crippen LogP contribution is -2.40. The zero-order valence-electron chi connectivity index (χ0n) is 17.8. The monoisotopic (exact) mass is 397 g/mol. The largest absolute Gasteiger partial charge is 0.497 e. The quantitative estimate of drug-likeness (QED) is 0.783. The molecule has 1 aromatic carbocycles. The van der Waals surface area contributed by atoms with Gasteiger partial charge in [-0.15, -0.1) is 0 Å². The van der Waals surface area contributed by atoms with E-state index in [1.807, 2.05) is 49.9 Å². The van der Waals surface area contributed by atoms with Crippen LogP contribution in [0.1, 0.15) is 52.1 Å². The Labute approximate surface area is 172 Å². The third-order valence-corrected chi connectivity index (χ3v) is 6.05. The first-order chi connectivity index (χ1) is 13.9. The minimum Gasteiger partial charge on any atom is -0.497 e. The van der Waals surface area contributed by atoms with Crippen LogP contribution in [0.5, 0.6) is 5.75 Å². The first-order valence-electron chi connectivity index (χ1n) is 10.2. The molecule has 2 aromatic rings. The van der Waals surface area contributed by atoms with Crippen molar-refractivity contribution in [3.8, 4) is 5.75 Å². The summed E-state index contributed by atoms with van der Waals surface area (Å²) < 4.78 is 5.15. The number of aromatic amines is 1. The van der Waals surface area contributed by atoms with Crippen LogP contribution in [0.3, 0.4) is 0 Å². The fourth-order valence-electron chi connectivity index (χ4n) is 3.83. The van der Waals surface area contributed by atoms with E-state index in [-0.39, 0.29) is 11.8 Å². The van der Waals surface area contributed by atoms with Gasteiger partial charge in [-0.05, 0) is 68.4 Å². The van der Waals surface area contributed by atoms with E-state index in [4.69, 9.17) is 4.74 Å². The molecule has 0 atom stereocenters. The summed E-state index contributed by atoms with van der Waals surface area (Å²) in [5, 5.41) is 2.99. The molecule has 3 rings (SSSR count). The SMILES string of the molecule is COc1ccc(CNC(=O)CC2CCN(C(=O)c3[nH]c(C)c(C)c3C)CC2)cc1. The van der Waals surface area contributed by atoms with Gasteiger partial charge in [0.25, 0.3) is 5.91 Å². The number of hydrogen-bond acceptors (Lipinski definition) is 3. The molecule has 1 aliphatic rings. The summed E-state index contributed by atoms with van der Waals surface area (Å²) in [6.45, 7) is 7.94. The van der Waals surface area contributed by atoms with Crippen LogP contribution in [0.2, 0.25) is 0 Å². The van der Waals surface area contributed by atoms with Gasteiger partial charge in [0.05, 0.1) is 7.11 Å². The van der Waals surface area contributed by atoms with Crippen molar-refractivity contribution in [2.75, 3.05) is 20.2 Å². The molecule has 156 valence electrons. The number of methoxy groups -OCH3 is 1. The summed E-state index contributed by atoms with van der Waals surface area (Å²) in [6, 6.07) is 7.69. The molecule has 1 aromatic heterocycles. The van der Waals surface area contributed by atoms with Crippen molar-refractivity contribution in [3.05, 3.63) is 52.3 Å². The number of aromatic nitrogens is 1. The maximum atomic E-state index is 12.8. The van der Waals surface area contributed by atoms with Crippen LogP contribution >= 0.6 is 0 Å². The third kappa shape index (κ3) is 5.00.